The number of rotatable bonds is 4. The normalized spacial score (nSPS) is 23.5. The van der Waals surface area contributed by atoms with Gasteiger partial charge in [0.05, 0.1) is 24.8 Å². The van der Waals surface area contributed by atoms with E-state index < -0.39 is 0 Å². The lowest BCUT2D eigenvalue weighted by atomic mass is 10.00. The molecule has 0 bridgehead atoms. The number of hydrogen-bond acceptors (Lipinski definition) is 6. The third kappa shape index (κ3) is 3.29. The van der Waals surface area contributed by atoms with Gasteiger partial charge in [-0.3, -0.25) is 9.78 Å². The van der Waals surface area contributed by atoms with Crippen LogP contribution in [-0.4, -0.2) is 69.6 Å². The van der Waals surface area contributed by atoms with Gasteiger partial charge in [0, 0.05) is 51.0 Å². The zero-order chi connectivity index (χ0) is 18.1. The number of likely N-dealkylation sites (tertiary alicyclic amines) is 1. The fraction of sp³-hybridized carbons (Fsp3) is 0.556. The Bertz CT molecular complexity index is 783. The smallest absolute Gasteiger partial charge is 0.271 e. The van der Waals surface area contributed by atoms with Crippen LogP contribution >= 0.6 is 0 Å². The highest BCUT2D eigenvalue weighted by Crippen LogP contribution is 2.26. The maximum absolute atomic E-state index is 12.8. The van der Waals surface area contributed by atoms with Gasteiger partial charge in [0.2, 0.25) is 0 Å². The van der Waals surface area contributed by atoms with Crippen LogP contribution in [0.2, 0.25) is 0 Å². The van der Waals surface area contributed by atoms with Gasteiger partial charge in [-0.25, -0.2) is 9.97 Å². The fourth-order valence-electron chi connectivity index (χ4n) is 3.98. The van der Waals surface area contributed by atoms with Crippen molar-refractivity contribution in [2.75, 3.05) is 38.1 Å². The maximum atomic E-state index is 12.8. The molecule has 2 fully saturated rings. The van der Waals surface area contributed by atoms with Crippen molar-refractivity contribution < 1.29 is 4.79 Å². The molecule has 8 heteroatoms. The van der Waals surface area contributed by atoms with Crippen LogP contribution in [-0.2, 0) is 7.05 Å². The topological polar surface area (TPSA) is 79.2 Å². The van der Waals surface area contributed by atoms with Gasteiger partial charge < -0.3 is 19.7 Å². The van der Waals surface area contributed by atoms with E-state index in [9.17, 15) is 4.79 Å². The quantitative estimate of drug-likeness (QED) is 0.867. The average molecular weight is 355 g/mol. The minimum atomic E-state index is -0.161. The summed E-state index contributed by atoms with van der Waals surface area (Å²) in [6, 6.07) is 0.0279. The number of anilines is 1. The Morgan fingerprint density at radius 1 is 1.12 bits per heavy atom. The van der Waals surface area contributed by atoms with Crippen LogP contribution in [0.5, 0.6) is 0 Å². The monoisotopic (exact) mass is 355 g/mol. The molecule has 0 radical (unpaired) electrons. The highest BCUT2D eigenvalue weighted by molar-refractivity contribution is 5.92. The Morgan fingerprint density at radius 3 is 2.65 bits per heavy atom. The van der Waals surface area contributed by atoms with Gasteiger partial charge >= 0.3 is 0 Å². The first-order valence-electron chi connectivity index (χ1n) is 9.14. The molecule has 0 unspecified atom stereocenters. The molecule has 2 aliphatic heterocycles. The third-order valence-electron chi connectivity index (χ3n) is 5.34. The van der Waals surface area contributed by atoms with Crippen LogP contribution in [0.4, 0.5) is 5.82 Å². The van der Waals surface area contributed by atoms with Gasteiger partial charge in [-0.1, -0.05) is 0 Å². The largest absolute Gasteiger partial charge is 0.355 e. The predicted octanol–water partition coefficient (Wildman–Crippen LogP) is 0.638. The lowest BCUT2D eigenvalue weighted by molar-refractivity contribution is 0.0930. The summed E-state index contributed by atoms with van der Waals surface area (Å²) in [6.07, 6.45) is 9.31. The molecule has 8 nitrogen and oxygen atoms in total. The van der Waals surface area contributed by atoms with Crippen LogP contribution in [0.25, 0.3) is 0 Å². The first-order chi connectivity index (χ1) is 12.6. The molecule has 2 aromatic heterocycles. The molecule has 0 saturated carbocycles. The molecule has 1 amide bonds. The molecular weight excluding hydrogens is 330 g/mol. The Morgan fingerprint density at radius 2 is 1.92 bits per heavy atom. The summed E-state index contributed by atoms with van der Waals surface area (Å²) in [5.74, 6) is 0.846. The van der Waals surface area contributed by atoms with Crippen molar-refractivity contribution in [3.63, 3.8) is 0 Å². The Kier molecular flexibility index (Phi) is 4.58. The van der Waals surface area contributed by atoms with Crippen LogP contribution in [0.3, 0.4) is 0 Å². The summed E-state index contributed by atoms with van der Waals surface area (Å²) < 4.78 is 2.02. The summed E-state index contributed by atoms with van der Waals surface area (Å²) in [5.41, 5.74) is 1.52. The second-order valence-corrected chi connectivity index (χ2v) is 7.29. The van der Waals surface area contributed by atoms with E-state index in [2.05, 4.69) is 37.1 Å². The number of aromatic nitrogens is 4. The third-order valence-corrected chi connectivity index (χ3v) is 5.34. The molecule has 2 aliphatic rings. The summed E-state index contributed by atoms with van der Waals surface area (Å²) in [6.45, 7) is 3.66. The predicted molar refractivity (Wildman–Crippen MR) is 98.2 cm³/mol. The van der Waals surface area contributed by atoms with Gasteiger partial charge in [-0.15, -0.1) is 0 Å². The second kappa shape index (κ2) is 7.03. The van der Waals surface area contributed by atoms with Crippen LogP contribution in [0.1, 0.15) is 34.9 Å². The molecule has 1 N–H and O–H groups in total. The number of imidazole rings is 1. The molecular formula is C18H25N7O. The van der Waals surface area contributed by atoms with E-state index in [4.69, 9.17) is 0 Å². The molecule has 0 spiro atoms. The Labute approximate surface area is 153 Å². The van der Waals surface area contributed by atoms with E-state index in [1.54, 1.807) is 18.7 Å². The maximum Gasteiger partial charge on any atom is 0.271 e. The van der Waals surface area contributed by atoms with E-state index >= 15 is 0 Å². The molecule has 26 heavy (non-hydrogen) atoms. The Hall–Kier alpha value is -2.48. The number of hydrogen-bond donors (Lipinski definition) is 1. The first kappa shape index (κ1) is 17.0. The van der Waals surface area contributed by atoms with Crippen molar-refractivity contribution in [3.8, 4) is 0 Å². The van der Waals surface area contributed by atoms with Crippen molar-refractivity contribution in [3.05, 3.63) is 36.3 Å². The lowest BCUT2D eigenvalue weighted by Gasteiger charge is -2.21. The Balaban J connectivity index is 1.50. The fourth-order valence-corrected chi connectivity index (χ4v) is 3.98. The molecule has 2 atom stereocenters. The first-order valence-corrected chi connectivity index (χ1v) is 9.14. The molecule has 0 aromatic carbocycles. The molecule has 138 valence electrons. The lowest BCUT2D eigenvalue weighted by Crippen LogP contribution is -2.40. The molecule has 2 saturated heterocycles. The minimum absolute atomic E-state index is 0.0279. The molecule has 0 aliphatic carbocycles. The number of amides is 1. The number of aryl methyl sites for hydroxylation is 1. The van der Waals surface area contributed by atoms with Gasteiger partial charge in [0.1, 0.15) is 11.5 Å². The number of likely N-dealkylation sites (N-methyl/N-ethyl adjacent to an activating group) is 1. The highest BCUT2D eigenvalue weighted by Gasteiger charge is 2.35. The van der Waals surface area contributed by atoms with Crippen molar-refractivity contribution in [2.24, 2.45) is 7.05 Å². The summed E-state index contributed by atoms with van der Waals surface area (Å²) in [7, 11) is 4.06. The average Bonchev–Trinajstić information content (AvgIpc) is 3.36. The van der Waals surface area contributed by atoms with Gasteiger partial charge in [0.25, 0.3) is 5.91 Å². The van der Waals surface area contributed by atoms with E-state index in [1.807, 2.05) is 17.8 Å². The van der Waals surface area contributed by atoms with Crippen LogP contribution < -0.4 is 10.2 Å². The number of nitrogens with one attached hydrogen (secondary N) is 1. The van der Waals surface area contributed by atoms with E-state index in [1.165, 1.54) is 12.8 Å². The summed E-state index contributed by atoms with van der Waals surface area (Å²) in [4.78, 5) is 30.2. The van der Waals surface area contributed by atoms with E-state index in [0.717, 1.165) is 37.7 Å². The summed E-state index contributed by atoms with van der Waals surface area (Å²) in [5, 5.41) is 3.17. The molecule has 4 heterocycles. The zero-order valence-corrected chi connectivity index (χ0v) is 15.3. The molecule has 4 rings (SSSR count). The SMILES string of the molecule is CN1C[C@@H](NC(=O)c2cncc(N3CCCC3)n2)[C@H](c2cncn2C)C1. The van der Waals surface area contributed by atoms with Gasteiger partial charge in [-0.2, -0.15) is 0 Å². The number of carbonyl (C=O) groups excluding carboxylic acids is 1. The van der Waals surface area contributed by atoms with Crippen molar-refractivity contribution in [1.29, 1.82) is 0 Å². The standard InChI is InChI=1S/C18H25N7O/c1-23-10-13(16-8-20-12-24(16)2)15(11-23)22-18(26)14-7-19-9-17(21-14)25-5-3-4-6-25/h7-9,12-13,15H,3-6,10-11H2,1-2H3,(H,22,26)/t13-,15-/m1/s1. The van der Waals surface area contributed by atoms with E-state index in [0.29, 0.717) is 5.69 Å². The zero-order valence-electron chi connectivity index (χ0n) is 15.3. The van der Waals surface area contributed by atoms with Crippen molar-refractivity contribution in [1.82, 2.24) is 29.7 Å². The summed E-state index contributed by atoms with van der Waals surface area (Å²) >= 11 is 0. The van der Waals surface area contributed by atoms with Gasteiger partial charge in [0.15, 0.2) is 0 Å². The van der Waals surface area contributed by atoms with Gasteiger partial charge in [-0.05, 0) is 19.9 Å². The highest BCUT2D eigenvalue weighted by atomic mass is 16.2. The van der Waals surface area contributed by atoms with Crippen molar-refractivity contribution in [2.45, 2.75) is 24.8 Å². The van der Waals surface area contributed by atoms with Crippen LogP contribution in [0, 0.1) is 0 Å². The number of carbonyl (C=O) groups is 1. The number of nitrogens with zero attached hydrogens (tertiary/aromatic N) is 6. The van der Waals surface area contributed by atoms with Crippen molar-refractivity contribution >= 4 is 11.7 Å². The minimum Gasteiger partial charge on any atom is -0.355 e. The van der Waals surface area contributed by atoms with Crippen LogP contribution in [0.15, 0.2) is 24.9 Å². The second-order valence-electron chi connectivity index (χ2n) is 7.29. The molecule has 2 aromatic rings. The van der Waals surface area contributed by atoms with E-state index in [-0.39, 0.29) is 17.9 Å².